The highest BCUT2D eigenvalue weighted by Crippen LogP contribution is 2.28. The minimum Gasteiger partial charge on any atom is -0.497 e. The molecule has 0 bridgehead atoms. The Bertz CT molecular complexity index is 1360. The number of carbonyl (C=O) groups is 2. The number of ether oxygens (including phenoxy) is 1. The first-order valence-corrected chi connectivity index (χ1v) is 12.5. The van der Waals surface area contributed by atoms with Gasteiger partial charge in [-0.2, -0.15) is 0 Å². The highest BCUT2D eigenvalue weighted by atomic mass is 35.5. The van der Waals surface area contributed by atoms with E-state index in [1.54, 1.807) is 54.1 Å². The lowest BCUT2D eigenvalue weighted by Gasteiger charge is -2.12. The number of carbonyl (C=O) groups excluding carboxylic acids is 2. The maximum atomic E-state index is 12.7. The van der Waals surface area contributed by atoms with Crippen LogP contribution in [0, 0.1) is 0 Å². The molecular weight excluding hydrogens is 521 g/mol. The van der Waals surface area contributed by atoms with Crippen molar-refractivity contribution in [1.82, 2.24) is 20.1 Å². The molecule has 0 spiro atoms. The van der Waals surface area contributed by atoms with E-state index in [0.29, 0.717) is 43.7 Å². The summed E-state index contributed by atoms with van der Waals surface area (Å²) in [5, 5.41) is 15.4. The van der Waals surface area contributed by atoms with Crippen molar-refractivity contribution >= 4 is 52.5 Å². The number of hydrogen-bond acceptors (Lipinski definition) is 6. The molecule has 8 nitrogen and oxygen atoms in total. The van der Waals surface area contributed by atoms with Crippen LogP contribution in [0.25, 0.3) is 5.69 Å². The van der Waals surface area contributed by atoms with Gasteiger partial charge in [0.15, 0.2) is 11.0 Å². The first-order chi connectivity index (χ1) is 17.4. The van der Waals surface area contributed by atoms with Gasteiger partial charge in [0.25, 0.3) is 5.91 Å². The normalized spacial score (nSPS) is 10.6. The summed E-state index contributed by atoms with van der Waals surface area (Å²) in [6.45, 7) is 0.0921. The van der Waals surface area contributed by atoms with Gasteiger partial charge in [-0.3, -0.25) is 14.2 Å². The summed E-state index contributed by atoms with van der Waals surface area (Å²) in [4.78, 5) is 25.1. The molecule has 0 aliphatic heterocycles. The van der Waals surface area contributed by atoms with Gasteiger partial charge in [0, 0.05) is 11.3 Å². The second-order valence-electron chi connectivity index (χ2n) is 7.45. The zero-order valence-electron chi connectivity index (χ0n) is 19.1. The first kappa shape index (κ1) is 25.6. The number of para-hydroxylation sites is 1. The zero-order chi connectivity index (χ0) is 25.5. The third kappa shape index (κ3) is 6.37. The molecule has 36 heavy (non-hydrogen) atoms. The summed E-state index contributed by atoms with van der Waals surface area (Å²) in [5.74, 6) is 0.749. The minimum absolute atomic E-state index is 0.0921. The van der Waals surface area contributed by atoms with Crippen LogP contribution < -0.4 is 15.4 Å². The Morgan fingerprint density at radius 3 is 2.42 bits per heavy atom. The third-order valence-electron chi connectivity index (χ3n) is 5.01. The molecule has 1 aromatic heterocycles. The summed E-state index contributed by atoms with van der Waals surface area (Å²) in [6, 6.07) is 21.0. The number of amides is 2. The molecule has 2 N–H and O–H groups in total. The van der Waals surface area contributed by atoms with Crippen molar-refractivity contribution in [3.05, 3.63) is 94.2 Å². The number of aromatic nitrogens is 3. The monoisotopic (exact) mass is 541 g/mol. The molecule has 4 aromatic rings. The second kappa shape index (κ2) is 11.9. The number of nitrogens with zero attached hydrogens (tertiary/aromatic N) is 3. The minimum atomic E-state index is -0.280. The molecule has 0 fully saturated rings. The number of nitrogens with one attached hydrogen (secondary N) is 2. The molecule has 0 unspecified atom stereocenters. The van der Waals surface area contributed by atoms with E-state index in [4.69, 9.17) is 27.9 Å². The van der Waals surface area contributed by atoms with Gasteiger partial charge in [0.1, 0.15) is 5.75 Å². The van der Waals surface area contributed by atoms with Gasteiger partial charge in [0.2, 0.25) is 5.91 Å². The lowest BCUT2D eigenvalue weighted by molar-refractivity contribution is -0.113. The van der Waals surface area contributed by atoms with Gasteiger partial charge in [0.05, 0.1) is 35.1 Å². The fraction of sp³-hybridized carbons (Fsp3) is 0.120. The quantitative estimate of drug-likeness (QED) is 0.281. The fourth-order valence-electron chi connectivity index (χ4n) is 3.24. The van der Waals surface area contributed by atoms with Crippen LogP contribution in [-0.2, 0) is 11.3 Å². The maximum Gasteiger partial charge on any atom is 0.251 e. The average Bonchev–Trinajstić information content (AvgIpc) is 3.31. The third-order valence-corrected chi connectivity index (χ3v) is 6.68. The molecule has 11 heteroatoms. The van der Waals surface area contributed by atoms with Gasteiger partial charge in [-0.05, 0) is 54.6 Å². The number of rotatable bonds is 9. The topological polar surface area (TPSA) is 98.1 Å². The van der Waals surface area contributed by atoms with E-state index in [1.807, 2.05) is 30.3 Å². The molecule has 0 aliphatic rings. The molecule has 0 saturated heterocycles. The van der Waals surface area contributed by atoms with Crippen LogP contribution in [0.4, 0.5) is 5.69 Å². The molecule has 4 rings (SSSR count). The predicted molar refractivity (Wildman–Crippen MR) is 141 cm³/mol. The molecular formula is C25H21Cl2N5O3S. The molecule has 3 aromatic carbocycles. The van der Waals surface area contributed by atoms with Crippen molar-refractivity contribution in [1.29, 1.82) is 0 Å². The summed E-state index contributed by atoms with van der Waals surface area (Å²) in [6.07, 6.45) is 0. The van der Waals surface area contributed by atoms with Crippen LogP contribution in [0.3, 0.4) is 0 Å². The first-order valence-electron chi connectivity index (χ1n) is 10.7. The Balaban J connectivity index is 1.52. The Kier molecular flexibility index (Phi) is 8.48. The maximum absolute atomic E-state index is 12.7. The van der Waals surface area contributed by atoms with Crippen LogP contribution in [0.15, 0.2) is 78.0 Å². The largest absolute Gasteiger partial charge is 0.497 e. The molecule has 2 amide bonds. The van der Waals surface area contributed by atoms with Gasteiger partial charge in [-0.15, -0.1) is 10.2 Å². The Morgan fingerprint density at radius 1 is 0.972 bits per heavy atom. The van der Waals surface area contributed by atoms with Crippen LogP contribution in [0.1, 0.15) is 16.2 Å². The van der Waals surface area contributed by atoms with Crippen molar-refractivity contribution < 1.29 is 14.3 Å². The predicted octanol–water partition coefficient (Wildman–Crippen LogP) is 5.24. The average molecular weight is 542 g/mol. The molecule has 0 radical (unpaired) electrons. The number of halogens is 2. The Hall–Kier alpha value is -3.53. The van der Waals surface area contributed by atoms with E-state index >= 15 is 0 Å². The van der Waals surface area contributed by atoms with Gasteiger partial charge >= 0.3 is 0 Å². The van der Waals surface area contributed by atoms with Crippen LogP contribution in [-0.4, -0.2) is 39.4 Å². The lowest BCUT2D eigenvalue weighted by atomic mass is 10.2. The van der Waals surface area contributed by atoms with Gasteiger partial charge in [-0.25, -0.2) is 0 Å². The van der Waals surface area contributed by atoms with E-state index in [-0.39, 0.29) is 24.1 Å². The number of hydrogen-bond donors (Lipinski definition) is 2. The van der Waals surface area contributed by atoms with Crippen molar-refractivity contribution in [2.45, 2.75) is 11.7 Å². The van der Waals surface area contributed by atoms with Gasteiger partial charge < -0.3 is 15.4 Å². The Labute approximate surface area is 222 Å². The molecule has 0 saturated carbocycles. The number of benzene rings is 3. The summed E-state index contributed by atoms with van der Waals surface area (Å²) in [5.41, 5.74) is 1.83. The highest BCUT2D eigenvalue weighted by Gasteiger charge is 2.18. The molecule has 184 valence electrons. The van der Waals surface area contributed by atoms with Crippen LogP contribution >= 0.6 is 35.0 Å². The van der Waals surface area contributed by atoms with Crippen LogP contribution in [0.2, 0.25) is 10.0 Å². The van der Waals surface area contributed by atoms with E-state index in [2.05, 4.69) is 20.8 Å². The smallest absolute Gasteiger partial charge is 0.251 e. The van der Waals surface area contributed by atoms with E-state index < -0.39 is 0 Å². The lowest BCUT2D eigenvalue weighted by Crippen LogP contribution is -2.24. The van der Waals surface area contributed by atoms with Crippen LogP contribution in [0.5, 0.6) is 5.75 Å². The van der Waals surface area contributed by atoms with Crippen molar-refractivity contribution in [3.8, 4) is 11.4 Å². The number of methoxy groups -OCH3 is 1. The molecule has 0 aliphatic carbocycles. The molecule has 0 atom stereocenters. The second-order valence-corrected chi connectivity index (χ2v) is 9.20. The van der Waals surface area contributed by atoms with E-state index in [0.717, 1.165) is 0 Å². The van der Waals surface area contributed by atoms with Crippen molar-refractivity contribution in [3.63, 3.8) is 0 Å². The summed E-state index contributed by atoms with van der Waals surface area (Å²) < 4.78 is 6.87. The van der Waals surface area contributed by atoms with E-state index in [9.17, 15) is 9.59 Å². The number of thioether (sulfide) groups is 1. The Morgan fingerprint density at radius 2 is 1.72 bits per heavy atom. The number of anilines is 1. The van der Waals surface area contributed by atoms with E-state index in [1.165, 1.54) is 11.8 Å². The SMILES string of the molecule is COc1ccc(C(=O)NCc2nnc(SCC(=O)Nc3ccccc3)n2-c2ccc(Cl)c(Cl)c2)cc1. The standard InChI is InChI=1S/C25H21Cl2N5O3S/c1-35-19-10-7-16(8-11-19)24(34)28-14-22-30-31-25(32(22)18-9-12-20(26)21(27)13-18)36-15-23(33)29-17-5-3-2-4-6-17/h2-13H,14-15H2,1H3,(H,28,34)(H,29,33). The highest BCUT2D eigenvalue weighted by molar-refractivity contribution is 7.99. The summed E-state index contributed by atoms with van der Waals surface area (Å²) in [7, 11) is 1.56. The molecule has 1 heterocycles. The fourth-order valence-corrected chi connectivity index (χ4v) is 4.31. The zero-order valence-corrected chi connectivity index (χ0v) is 21.4. The van der Waals surface area contributed by atoms with Crippen molar-refractivity contribution in [2.75, 3.05) is 18.2 Å². The van der Waals surface area contributed by atoms with Crippen molar-refractivity contribution in [2.24, 2.45) is 0 Å². The van der Waals surface area contributed by atoms with Gasteiger partial charge in [-0.1, -0.05) is 53.2 Å². The summed E-state index contributed by atoms with van der Waals surface area (Å²) >= 11 is 13.6.